The van der Waals surface area contributed by atoms with Crippen molar-refractivity contribution in [3.05, 3.63) is 12.2 Å². The van der Waals surface area contributed by atoms with Crippen molar-refractivity contribution < 1.29 is 19.2 Å². The molecule has 25 heavy (non-hydrogen) atoms. The molecule has 3 atom stereocenters. The highest BCUT2D eigenvalue weighted by molar-refractivity contribution is 8.00. The van der Waals surface area contributed by atoms with Crippen LogP contribution in [0.15, 0.2) is 12.2 Å². The molecule has 8 nitrogen and oxygen atoms in total. The van der Waals surface area contributed by atoms with Gasteiger partial charge in [0, 0.05) is 42.7 Å². The highest BCUT2D eigenvalue weighted by Gasteiger charge is 2.42. The maximum absolute atomic E-state index is 11.8. The zero-order valence-electron chi connectivity index (χ0n) is 13.8. The first-order chi connectivity index (χ1) is 12.0. The first-order valence-electron chi connectivity index (χ1n) is 8.53. The number of nitrogens with zero attached hydrogens (tertiary/aromatic N) is 1. The number of nitrogens with one attached hydrogen (secondary N) is 3. The number of imide groups is 1. The summed E-state index contributed by atoms with van der Waals surface area (Å²) in [5, 5.41) is 9.02. The number of rotatable bonds is 8. The smallest absolute Gasteiger partial charge is 0.315 e. The van der Waals surface area contributed by atoms with Gasteiger partial charge >= 0.3 is 6.03 Å². The Labute approximate surface area is 150 Å². The third-order valence-corrected chi connectivity index (χ3v) is 6.15. The predicted octanol–water partition coefficient (Wildman–Crippen LogP) is -0.247. The lowest BCUT2D eigenvalue weighted by atomic mass is 10.0. The van der Waals surface area contributed by atoms with E-state index >= 15 is 0 Å². The Morgan fingerprint density at radius 3 is 2.72 bits per heavy atom. The largest absolute Gasteiger partial charge is 0.354 e. The van der Waals surface area contributed by atoms with Crippen LogP contribution in [0.2, 0.25) is 0 Å². The number of carbonyl (C=O) groups is 4. The van der Waals surface area contributed by atoms with Crippen molar-refractivity contribution in [2.45, 2.75) is 43.0 Å². The molecule has 3 heterocycles. The van der Waals surface area contributed by atoms with Crippen LogP contribution in [0, 0.1) is 0 Å². The second kappa shape index (κ2) is 7.90. The fourth-order valence-electron chi connectivity index (χ4n) is 3.32. The minimum atomic E-state index is -0.333. The van der Waals surface area contributed by atoms with Gasteiger partial charge < -0.3 is 16.0 Å². The van der Waals surface area contributed by atoms with Crippen LogP contribution in [0.5, 0.6) is 0 Å². The monoisotopic (exact) mass is 366 g/mol. The third-order valence-electron chi connectivity index (χ3n) is 4.64. The molecule has 3 rings (SSSR count). The molecule has 0 saturated carbocycles. The molecule has 136 valence electrons. The summed E-state index contributed by atoms with van der Waals surface area (Å²) < 4.78 is 0. The van der Waals surface area contributed by atoms with E-state index in [-0.39, 0.29) is 48.9 Å². The molecule has 3 N–H and O–H groups in total. The molecule has 0 aliphatic carbocycles. The molecule has 0 aromatic carbocycles. The molecule has 2 fully saturated rings. The fraction of sp³-hybridized carbons (Fsp3) is 0.625. The van der Waals surface area contributed by atoms with E-state index in [2.05, 4.69) is 16.0 Å². The Hall–Kier alpha value is -2.03. The summed E-state index contributed by atoms with van der Waals surface area (Å²) in [6, 6.07) is 0.358. The lowest BCUT2D eigenvalue weighted by Crippen LogP contribution is -2.38. The summed E-state index contributed by atoms with van der Waals surface area (Å²) in [6.07, 6.45) is 5.58. The summed E-state index contributed by atoms with van der Waals surface area (Å²) in [7, 11) is 0. The number of thioether (sulfide) groups is 1. The van der Waals surface area contributed by atoms with Crippen LogP contribution in [0.25, 0.3) is 0 Å². The summed E-state index contributed by atoms with van der Waals surface area (Å²) in [5.74, 6) is 0.206. The molecule has 0 radical (unpaired) electrons. The molecule has 0 spiro atoms. The summed E-state index contributed by atoms with van der Waals surface area (Å²) in [6.45, 7) is 0.475. The van der Waals surface area contributed by atoms with Gasteiger partial charge in [0.05, 0.1) is 12.1 Å². The van der Waals surface area contributed by atoms with Gasteiger partial charge in [0.15, 0.2) is 0 Å². The van der Waals surface area contributed by atoms with Gasteiger partial charge in [-0.2, -0.15) is 11.8 Å². The standard InChI is InChI=1S/C16H22N4O4S/c21-12(17-7-8-20-13(22)5-6-14(20)23)4-2-1-3-11-15-10(9-25-11)18-16(24)19-15/h5-6,10-11,15H,1-4,7-9H2,(H,17,21)(H2,18,19,24)/t10-,11?,15-/m1/s1. The van der Waals surface area contributed by atoms with Crippen LogP contribution in [0.1, 0.15) is 25.7 Å². The second-order valence-electron chi connectivity index (χ2n) is 6.38. The predicted molar refractivity (Wildman–Crippen MR) is 92.8 cm³/mol. The minimum Gasteiger partial charge on any atom is -0.354 e. The average molecular weight is 366 g/mol. The van der Waals surface area contributed by atoms with Crippen molar-refractivity contribution in [2.75, 3.05) is 18.8 Å². The van der Waals surface area contributed by atoms with E-state index in [9.17, 15) is 19.2 Å². The van der Waals surface area contributed by atoms with Crippen molar-refractivity contribution in [2.24, 2.45) is 0 Å². The van der Waals surface area contributed by atoms with Gasteiger partial charge in [-0.1, -0.05) is 6.42 Å². The molecule has 0 aromatic rings. The van der Waals surface area contributed by atoms with Gasteiger partial charge in [-0.05, 0) is 12.8 Å². The Kier molecular flexibility index (Phi) is 5.62. The van der Waals surface area contributed by atoms with Gasteiger partial charge in [0.1, 0.15) is 0 Å². The molecule has 0 aromatic heterocycles. The Balaban J connectivity index is 1.25. The van der Waals surface area contributed by atoms with Crippen LogP contribution in [0.4, 0.5) is 4.79 Å². The van der Waals surface area contributed by atoms with E-state index in [1.165, 1.54) is 12.2 Å². The number of unbranched alkanes of at least 4 members (excludes halogenated alkanes) is 1. The highest BCUT2D eigenvalue weighted by atomic mass is 32.2. The van der Waals surface area contributed by atoms with Crippen molar-refractivity contribution in [3.63, 3.8) is 0 Å². The number of fused-ring (bicyclic) bond motifs is 1. The maximum atomic E-state index is 11.8. The Morgan fingerprint density at radius 1 is 1.20 bits per heavy atom. The van der Waals surface area contributed by atoms with Crippen LogP contribution < -0.4 is 16.0 Å². The van der Waals surface area contributed by atoms with E-state index in [0.29, 0.717) is 11.7 Å². The molecule has 3 aliphatic heterocycles. The van der Waals surface area contributed by atoms with Crippen LogP contribution in [-0.2, 0) is 14.4 Å². The quantitative estimate of drug-likeness (QED) is 0.312. The van der Waals surface area contributed by atoms with E-state index in [4.69, 9.17) is 0 Å². The van der Waals surface area contributed by atoms with E-state index < -0.39 is 0 Å². The van der Waals surface area contributed by atoms with Crippen molar-refractivity contribution in [1.82, 2.24) is 20.9 Å². The number of amides is 5. The van der Waals surface area contributed by atoms with Crippen molar-refractivity contribution in [3.8, 4) is 0 Å². The fourth-order valence-corrected chi connectivity index (χ4v) is 4.86. The summed E-state index contributed by atoms with van der Waals surface area (Å²) >= 11 is 1.87. The lowest BCUT2D eigenvalue weighted by Gasteiger charge is -2.16. The highest BCUT2D eigenvalue weighted by Crippen LogP contribution is 2.33. The first kappa shape index (κ1) is 17.8. The van der Waals surface area contributed by atoms with Gasteiger partial charge in [-0.3, -0.25) is 19.3 Å². The van der Waals surface area contributed by atoms with E-state index in [0.717, 1.165) is 29.9 Å². The van der Waals surface area contributed by atoms with E-state index in [1.54, 1.807) is 0 Å². The average Bonchev–Trinajstić information content (AvgIpc) is 3.21. The molecule has 9 heteroatoms. The summed E-state index contributed by atoms with van der Waals surface area (Å²) in [5.41, 5.74) is 0. The molecule has 2 saturated heterocycles. The maximum Gasteiger partial charge on any atom is 0.315 e. The minimum absolute atomic E-state index is 0.0696. The SMILES string of the molecule is O=C(CCCCC1SC[C@H]2NC(=O)N[C@@H]12)NCCN1C(=O)C=CC1=O. The van der Waals surface area contributed by atoms with Crippen LogP contribution in [0.3, 0.4) is 0 Å². The number of hydrogen-bond donors (Lipinski definition) is 3. The summed E-state index contributed by atoms with van der Waals surface area (Å²) in [4.78, 5) is 47.0. The van der Waals surface area contributed by atoms with Crippen LogP contribution >= 0.6 is 11.8 Å². The zero-order valence-corrected chi connectivity index (χ0v) is 14.6. The Bertz CT molecular complexity index is 591. The molecule has 3 aliphatic rings. The van der Waals surface area contributed by atoms with Gasteiger partial charge in [0.2, 0.25) is 5.91 Å². The van der Waals surface area contributed by atoms with Gasteiger partial charge in [-0.15, -0.1) is 0 Å². The van der Waals surface area contributed by atoms with Gasteiger partial charge in [0.25, 0.3) is 11.8 Å². The number of urea groups is 1. The molecule has 5 amide bonds. The molecular weight excluding hydrogens is 344 g/mol. The number of carbonyl (C=O) groups excluding carboxylic acids is 4. The normalized spacial score (nSPS) is 27.4. The lowest BCUT2D eigenvalue weighted by molar-refractivity contribution is -0.137. The topological polar surface area (TPSA) is 108 Å². The molecule has 1 unspecified atom stereocenters. The zero-order chi connectivity index (χ0) is 17.8. The van der Waals surface area contributed by atoms with Gasteiger partial charge in [-0.25, -0.2) is 4.79 Å². The van der Waals surface area contributed by atoms with Crippen molar-refractivity contribution in [1.29, 1.82) is 0 Å². The third kappa shape index (κ3) is 4.33. The van der Waals surface area contributed by atoms with E-state index in [1.807, 2.05) is 11.8 Å². The number of hydrogen-bond acceptors (Lipinski definition) is 5. The van der Waals surface area contributed by atoms with Crippen LogP contribution in [-0.4, -0.2) is 64.8 Å². The Morgan fingerprint density at radius 2 is 1.96 bits per heavy atom. The molecule has 0 bridgehead atoms. The first-order valence-corrected chi connectivity index (χ1v) is 9.58. The van der Waals surface area contributed by atoms with Crippen molar-refractivity contribution >= 4 is 35.5 Å². The second-order valence-corrected chi connectivity index (χ2v) is 7.65. The molecular formula is C16H22N4O4S.